The van der Waals surface area contributed by atoms with Crippen molar-refractivity contribution in [1.82, 2.24) is 9.88 Å². The van der Waals surface area contributed by atoms with Crippen LogP contribution in [0.4, 0.5) is 0 Å². The minimum absolute atomic E-state index is 0.0269. The maximum atomic E-state index is 12.8. The molecular formula is C31H32N2O. The Labute approximate surface area is 202 Å². The highest BCUT2D eigenvalue weighted by Crippen LogP contribution is 2.35. The van der Waals surface area contributed by atoms with Gasteiger partial charge in [-0.05, 0) is 78.1 Å². The van der Waals surface area contributed by atoms with Crippen LogP contribution in [0.2, 0.25) is 0 Å². The highest BCUT2D eigenvalue weighted by molar-refractivity contribution is 5.94. The standard InChI is InChI=1S/C31H32N2O/c1-22-13-18-29-27(19-22)20-30(25-11-7-4-8-12-25)33(29)28-16-14-26(15-17-28)31(34)32-21-23(2)24-9-5-3-6-10-24/h3-12,14-17,20,22-23H,13,18-19,21H2,1-2H3,(H,32,34)/t22-,23-/m0/s1. The zero-order chi connectivity index (χ0) is 23.5. The molecule has 5 rings (SSSR count). The summed E-state index contributed by atoms with van der Waals surface area (Å²) in [7, 11) is 0. The van der Waals surface area contributed by atoms with E-state index in [2.05, 4.69) is 84.4 Å². The average molecular weight is 449 g/mol. The fourth-order valence-corrected chi connectivity index (χ4v) is 5.04. The van der Waals surface area contributed by atoms with Crippen molar-refractivity contribution in [3.05, 3.63) is 113 Å². The molecule has 3 nitrogen and oxygen atoms in total. The summed E-state index contributed by atoms with van der Waals surface area (Å²) in [5.41, 5.74) is 8.36. The predicted molar refractivity (Wildman–Crippen MR) is 140 cm³/mol. The predicted octanol–water partition coefficient (Wildman–Crippen LogP) is 6.80. The number of rotatable bonds is 6. The largest absolute Gasteiger partial charge is 0.351 e. The number of nitrogens with one attached hydrogen (secondary N) is 1. The summed E-state index contributed by atoms with van der Waals surface area (Å²) in [5.74, 6) is 0.962. The van der Waals surface area contributed by atoms with E-state index < -0.39 is 0 Å². The highest BCUT2D eigenvalue weighted by Gasteiger charge is 2.23. The number of carbonyl (C=O) groups is 1. The molecule has 3 aromatic carbocycles. The van der Waals surface area contributed by atoms with E-state index >= 15 is 0 Å². The van der Waals surface area contributed by atoms with Gasteiger partial charge >= 0.3 is 0 Å². The highest BCUT2D eigenvalue weighted by atomic mass is 16.1. The van der Waals surface area contributed by atoms with Crippen LogP contribution >= 0.6 is 0 Å². The zero-order valence-electron chi connectivity index (χ0n) is 20.0. The van der Waals surface area contributed by atoms with Crippen LogP contribution in [-0.2, 0) is 12.8 Å². The number of hydrogen-bond acceptors (Lipinski definition) is 1. The quantitative estimate of drug-likeness (QED) is 0.346. The van der Waals surface area contributed by atoms with E-state index in [9.17, 15) is 4.79 Å². The molecule has 2 atom stereocenters. The molecule has 1 aliphatic rings. The van der Waals surface area contributed by atoms with Crippen molar-refractivity contribution in [3.8, 4) is 16.9 Å². The Hall–Kier alpha value is -3.59. The van der Waals surface area contributed by atoms with Gasteiger partial charge in [0, 0.05) is 23.5 Å². The van der Waals surface area contributed by atoms with Crippen molar-refractivity contribution in [3.63, 3.8) is 0 Å². The Morgan fingerprint density at radius 2 is 1.65 bits per heavy atom. The summed E-state index contributed by atoms with van der Waals surface area (Å²) in [6, 6.07) is 31.3. The minimum atomic E-state index is -0.0269. The molecule has 4 aromatic rings. The van der Waals surface area contributed by atoms with Crippen LogP contribution in [0.1, 0.15) is 53.4 Å². The first kappa shape index (κ1) is 22.2. The number of benzene rings is 3. The molecule has 1 amide bonds. The van der Waals surface area contributed by atoms with Gasteiger partial charge < -0.3 is 9.88 Å². The van der Waals surface area contributed by atoms with Crippen molar-refractivity contribution < 1.29 is 4.79 Å². The molecule has 0 spiro atoms. The fraction of sp³-hybridized carbons (Fsp3) is 0.258. The first-order valence-electron chi connectivity index (χ1n) is 12.3. The topological polar surface area (TPSA) is 34.0 Å². The second kappa shape index (κ2) is 9.72. The second-order valence-corrected chi connectivity index (χ2v) is 9.62. The maximum Gasteiger partial charge on any atom is 0.251 e. The van der Waals surface area contributed by atoms with Gasteiger partial charge in [-0.25, -0.2) is 0 Å². The molecule has 172 valence electrons. The summed E-state index contributed by atoms with van der Waals surface area (Å²) in [4.78, 5) is 12.8. The van der Waals surface area contributed by atoms with Crippen molar-refractivity contribution in [1.29, 1.82) is 0 Å². The number of aromatic nitrogens is 1. The fourth-order valence-electron chi connectivity index (χ4n) is 5.04. The van der Waals surface area contributed by atoms with Gasteiger partial charge in [0.05, 0.1) is 5.69 Å². The Bertz CT molecular complexity index is 1260. The van der Waals surface area contributed by atoms with Crippen LogP contribution in [0, 0.1) is 5.92 Å². The van der Waals surface area contributed by atoms with Crippen molar-refractivity contribution >= 4 is 5.91 Å². The van der Waals surface area contributed by atoms with E-state index in [4.69, 9.17) is 0 Å². The number of fused-ring (bicyclic) bond motifs is 1. The maximum absolute atomic E-state index is 12.8. The third kappa shape index (κ3) is 4.56. The second-order valence-electron chi connectivity index (χ2n) is 9.62. The lowest BCUT2D eigenvalue weighted by atomic mass is 9.89. The molecule has 0 saturated heterocycles. The number of nitrogens with zero attached hydrogens (tertiary/aromatic N) is 1. The van der Waals surface area contributed by atoms with Crippen LogP contribution in [0.5, 0.6) is 0 Å². The number of amides is 1. The van der Waals surface area contributed by atoms with Crippen molar-refractivity contribution in [2.24, 2.45) is 5.92 Å². The van der Waals surface area contributed by atoms with E-state index in [1.807, 2.05) is 30.3 Å². The Morgan fingerprint density at radius 1 is 0.971 bits per heavy atom. The lowest BCUT2D eigenvalue weighted by Gasteiger charge is -2.21. The summed E-state index contributed by atoms with van der Waals surface area (Å²) in [6.07, 6.45) is 3.43. The molecule has 0 bridgehead atoms. The first-order valence-corrected chi connectivity index (χ1v) is 12.3. The molecule has 0 radical (unpaired) electrons. The summed E-state index contributed by atoms with van der Waals surface area (Å²) in [5, 5.41) is 3.10. The monoisotopic (exact) mass is 448 g/mol. The van der Waals surface area contributed by atoms with Gasteiger partial charge in [0.25, 0.3) is 5.91 Å². The lowest BCUT2D eigenvalue weighted by molar-refractivity contribution is 0.0951. The molecule has 0 saturated carbocycles. The molecule has 34 heavy (non-hydrogen) atoms. The summed E-state index contributed by atoms with van der Waals surface area (Å²) < 4.78 is 2.40. The van der Waals surface area contributed by atoms with E-state index in [1.165, 1.54) is 34.5 Å². The van der Waals surface area contributed by atoms with E-state index in [1.54, 1.807) is 0 Å². The van der Waals surface area contributed by atoms with Gasteiger partial charge in [-0.2, -0.15) is 0 Å². The SMILES string of the molecule is C[C@H]1CCc2c(cc(-c3ccccc3)n2-c2ccc(C(=O)NC[C@H](C)c3ccccc3)cc2)C1. The Morgan fingerprint density at radius 3 is 2.35 bits per heavy atom. The van der Waals surface area contributed by atoms with E-state index in [0.717, 1.165) is 24.4 Å². The van der Waals surface area contributed by atoms with E-state index in [0.29, 0.717) is 12.1 Å². The van der Waals surface area contributed by atoms with Crippen LogP contribution in [-0.4, -0.2) is 17.0 Å². The van der Waals surface area contributed by atoms with Crippen molar-refractivity contribution in [2.45, 2.75) is 39.0 Å². The smallest absolute Gasteiger partial charge is 0.251 e. The molecule has 1 aliphatic carbocycles. The zero-order valence-corrected chi connectivity index (χ0v) is 20.0. The van der Waals surface area contributed by atoms with E-state index in [-0.39, 0.29) is 11.8 Å². The molecule has 1 aromatic heterocycles. The van der Waals surface area contributed by atoms with Gasteiger partial charge in [-0.1, -0.05) is 74.5 Å². The molecule has 0 fully saturated rings. The first-order chi connectivity index (χ1) is 16.6. The number of carbonyl (C=O) groups excluding carboxylic acids is 1. The van der Waals surface area contributed by atoms with Gasteiger partial charge in [-0.3, -0.25) is 4.79 Å². The number of hydrogen-bond donors (Lipinski definition) is 1. The Kier molecular flexibility index (Phi) is 6.35. The molecule has 0 aliphatic heterocycles. The third-order valence-electron chi connectivity index (χ3n) is 7.03. The lowest BCUT2D eigenvalue weighted by Crippen LogP contribution is -2.27. The molecular weight excluding hydrogens is 416 g/mol. The van der Waals surface area contributed by atoms with Gasteiger partial charge in [-0.15, -0.1) is 0 Å². The summed E-state index contributed by atoms with van der Waals surface area (Å²) >= 11 is 0. The van der Waals surface area contributed by atoms with Crippen molar-refractivity contribution in [2.75, 3.05) is 6.54 Å². The van der Waals surface area contributed by atoms with Gasteiger partial charge in [0.2, 0.25) is 0 Å². The average Bonchev–Trinajstić information content (AvgIpc) is 3.26. The normalized spacial score (nSPS) is 16.0. The van der Waals surface area contributed by atoms with Crippen LogP contribution in [0.3, 0.4) is 0 Å². The minimum Gasteiger partial charge on any atom is -0.351 e. The summed E-state index contributed by atoms with van der Waals surface area (Å²) in [6.45, 7) is 5.10. The van der Waals surface area contributed by atoms with Gasteiger partial charge in [0.15, 0.2) is 0 Å². The molecule has 1 N–H and O–H groups in total. The van der Waals surface area contributed by atoms with Gasteiger partial charge in [0.1, 0.15) is 0 Å². The van der Waals surface area contributed by atoms with Crippen LogP contribution < -0.4 is 5.32 Å². The Balaban J connectivity index is 1.38. The molecule has 1 heterocycles. The van der Waals surface area contributed by atoms with Crippen LogP contribution in [0.25, 0.3) is 16.9 Å². The van der Waals surface area contributed by atoms with Crippen LogP contribution in [0.15, 0.2) is 91.0 Å². The third-order valence-corrected chi connectivity index (χ3v) is 7.03. The molecule has 3 heteroatoms. The molecule has 0 unspecified atom stereocenters.